The minimum Gasteiger partial charge on any atom is -0.507 e. The number of carbonyl (C=O) groups excluding carboxylic acids is 1. The zero-order chi connectivity index (χ0) is 19.4. The van der Waals surface area contributed by atoms with Gasteiger partial charge in [-0.3, -0.25) is 0 Å². The molecule has 1 rings (SSSR count). The molecule has 0 saturated heterocycles. The van der Waals surface area contributed by atoms with Crippen LogP contribution in [0.1, 0.15) is 49.2 Å². The fourth-order valence-corrected chi connectivity index (χ4v) is 2.00. The van der Waals surface area contributed by atoms with E-state index < -0.39 is 46.9 Å². The van der Waals surface area contributed by atoms with E-state index in [1.165, 1.54) is 0 Å². The number of aromatic hydroxyl groups is 2. The number of ether oxygens (including phenoxy) is 1. The number of phenolic OH excluding ortho intramolecular Hbond substituents is 1. The summed E-state index contributed by atoms with van der Waals surface area (Å²) in [7, 11) is 0. The van der Waals surface area contributed by atoms with Crippen LogP contribution in [-0.2, 0) is 4.74 Å². The summed E-state index contributed by atoms with van der Waals surface area (Å²) in [5.41, 5.74) is -1.45. The van der Waals surface area contributed by atoms with Crippen molar-refractivity contribution in [1.82, 2.24) is 5.32 Å². The molecule has 6 N–H and O–H groups in total. The molecule has 1 amide bonds. The Labute approximate surface area is 144 Å². The predicted octanol–water partition coefficient (Wildman–Crippen LogP) is 1.11. The smallest absolute Gasteiger partial charge is 0.407 e. The second kappa shape index (κ2) is 8.04. The lowest BCUT2D eigenvalue weighted by Gasteiger charge is -2.22. The van der Waals surface area contributed by atoms with E-state index in [-0.39, 0.29) is 18.5 Å². The topological polar surface area (TPSA) is 157 Å². The summed E-state index contributed by atoms with van der Waals surface area (Å²) < 4.78 is 5.01. The summed E-state index contributed by atoms with van der Waals surface area (Å²) in [6.45, 7) is 5.06. The first-order valence-electron chi connectivity index (χ1n) is 7.54. The molecule has 0 radical (unpaired) electrons. The van der Waals surface area contributed by atoms with Gasteiger partial charge in [-0.05, 0) is 33.3 Å². The number of aliphatic hydroxyl groups excluding tert-OH is 2. The molecular weight excluding hydrogens is 334 g/mol. The van der Waals surface area contributed by atoms with Crippen LogP contribution in [0.15, 0.2) is 12.1 Å². The number of carboxylic acid groups (broad SMARTS) is 1. The third kappa shape index (κ3) is 6.12. The van der Waals surface area contributed by atoms with Gasteiger partial charge in [0.05, 0.1) is 6.10 Å². The van der Waals surface area contributed by atoms with E-state index in [2.05, 4.69) is 5.32 Å². The van der Waals surface area contributed by atoms with Gasteiger partial charge in [0, 0.05) is 18.2 Å². The summed E-state index contributed by atoms with van der Waals surface area (Å²) in [6, 6.07) is 1.65. The molecule has 0 aliphatic heterocycles. The van der Waals surface area contributed by atoms with E-state index in [1.807, 2.05) is 0 Å². The number of aromatic carboxylic acids is 1. The van der Waals surface area contributed by atoms with Gasteiger partial charge in [0.2, 0.25) is 0 Å². The van der Waals surface area contributed by atoms with Crippen LogP contribution in [0.3, 0.4) is 0 Å². The summed E-state index contributed by atoms with van der Waals surface area (Å²) in [6.07, 6.45) is -3.77. The number of nitrogens with one attached hydrogen (secondary N) is 1. The Bertz CT molecular complexity index is 638. The summed E-state index contributed by atoms with van der Waals surface area (Å²) >= 11 is 0. The Morgan fingerprint density at radius 3 is 2.28 bits per heavy atom. The lowest BCUT2D eigenvalue weighted by molar-refractivity contribution is 0.0109. The second-order valence-electron chi connectivity index (χ2n) is 6.46. The molecule has 0 saturated carbocycles. The van der Waals surface area contributed by atoms with Crippen LogP contribution < -0.4 is 5.32 Å². The number of hydrogen-bond acceptors (Lipinski definition) is 7. The highest BCUT2D eigenvalue weighted by Crippen LogP contribution is 2.33. The standard InChI is InChI=1S/C16H23NO8/c1-16(2,3)25-15(24)17-5-4-10(18)13(21)8-6-9(14(22)23)12(20)7-11(8)19/h6-7,10,13,18-21H,4-5H2,1-3H3,(H,17,24)(H,22,23). The van der Waals surface area contributed by atoms with Gasteiger partial charge < -0.3 is 35.6 Å². The van der Waals surface area contributed by atoms with E-state index in [0.29, 0.717) is 0 Å². The molecule has 2 atom stereocenters. The number of phenols is 2. The fourth-order valence-electron chi connectivity index (χ4n) is 2.00. The number of hydrogen-bond donors (Lipinski definition) is 6. The Kier molecular flexibility index (Phi) is 6.60. The predicted molar refractivity (Wildman–Crippen MR) is 86.6 cm³/mol. The van der Waals surface area contributed by atoms with E-state index >= 15 is 0 Å². The number of carbonyl (C=O) groups is 2. The molecule has 1 aromatic carbocycles. The van der Waals surface area contributed by atoms with Gasteiger partial charge in [0.15, 0.2) is 0 Å². The zero-order valence-electron chi connectivity index (χ0n) is 14.2. The lowest BCUT2D eigenvalue weighted by atomic mass is 9.98. The normalized spacial score (nSPS) is 13.8. The van der Waals surface area contributed by atoms with Crippen molar-refractivity contribution >= 4 is 12.1 Å². The highest BCUT2D eigenvalue weighted by atomic mass is 16.6. The molecule has 0 fully saturated rings. The maximum atomic E-state index is 11.5. The van der Waals surface area contributed by atoms with Crippen LogP contribution in [0, 0.1) is 0 Å². The SMILES string of the molecule is CC(C)(C)OC(=O)NCCC(O)C(O)c1cc(C(=O)O)c(O)cc1O. The van der Waals surface area contributed by atoms with Crippen LogP contribution in [-0.4, -0.2) is 55.8 Å². The number of alkyl carbamates (subject to hydrolysis) is 1. The molecule has 2 unspecified atom stereocenters. The van der Waals surface area contributed by atoms with E-state index in [1.54, 1.807) is 20.8 Å². The van der Waals surface area contributed by atoms with E-state index in [9.17, 15) is 30.0 Å². The van der Waals surface area contributed by atoms with Crippen LogP contribution >= 0.6 is 0 Å². The van der Waals surface area contributed by atoms with Crippen molar-refractivity contribution in [2.24, 2.45) is 0 Å². The molecule has 0 bridgehead atoms. The first-order chi connectivity index (χ1) is 11.4. The highest BCUT2D eigenvalue weighted by molar-refractivity contribution is 5.91. The third-order valence-electron chi connectivity index (χ3n) is 3.17. The molecule has 9 heteroatoms. The Morgan fingerprint density at radius 1 is 1.16 bits per heavy atom. The molecule has 0 aliphatic rings. The molecule has 1 aromatic rings. The zero-order valence-corrected chi connectivity index (χ0v) is 14.2. The third-order valence-corrected chi connectivity index (χ3v) is 3.17. The van der Waals surface area contributed by atoms with Crippen molar-refractivity contribution in [2.45, 2.75) is 45.0 Å². The van der Waals surface area contributed by atoms with Gasteiger partial charge >= 0.3 is 12.1 Å². The monoisotopic (exact) mass is 357 g/mol. The number of aliphatic hydroxyl groups is 2. The second-order valence-corrected chi connectivity index (χ2v) is 6.46. The molecule has 0 heterocycles. The van der Waals surface area contributed by atoms with Crippen molar-refractivity contribution in [2.75, 3.05) is 6.54 Å². The molecule has 0 aliphatic carbocycles. The molecule has 140 valence electrons. The Balaban J connectivity index is 2.71. The van der Waals surface area contributed by atoms with Gasteiger partial charge in [0.1, 0.15) is 28.8 Å². The minimum atomic E-state index is -1.61. The maximum Gasteiger partial charge on any atom is 0.407 e. The van der Waals surface area contributed by atoms with Crippen molar-refractivity contribution < 1.29 is 39.9 Å². The van der Waals surface area contributed by atoms with E-state index in [0.717, 1.165) is 12.1 Å². The van der Waals surface area contributed by atoms with Gasteiger partial charge in [-0.25, -0.2) is 9.59 Å². The largest absolute Gasteiger partial charge is 0.507 e. The van der Waals surface area contributed by atoms with Crippen molar-refractivity contribution in [1.29, 1.82) is 0 Å². The first kappa shape index (κ1) is 20.5. The molecule has 9 nitrogen and oxygen atoms in total. The number of carboxylic acids is 1. The average molecular weight is 357 g/mol. The number of benzene rings is 1. The van der Waals surface area contributed by atoms with Crippen molar-refractivity contribution in [3.63, 3.8) is 0 Å². The van der Waals surface area contributed by atoms with E-state index in [4.69, 9.17) is 9.84 Å². The average Bonchev–Trinajstić information content (AvgIpc) is 2.44. The van der Waals surface area contributed by atoms with Crippen LogP contribution in [0.25, 0.3) is 0 Å². The maximum absolute atomic E-state index is 11.5. The number of rotatable bonds is 6. The van der Waals surface area contributed by atoms with Crippen LogP contribution in [0.4, 0.5) is 4.79 Å². The van der Waals surface area contributed by atoms with Gasteiger partial charge in [-0.1, -0.05) is 0 Å². The van der Waals surface area contributed by atoms with Crippen molar-refractivity contribution in [3.8, 4) is 11.5 Å². The highest BCUT2D eigenvalue weighted by Gasteiger charge is 2.25. The quantitative estimate of drug-likeness (QED) is 0.442. The summed E-state index contributed by atoms with van der Waals surface area (Å²) in [4.78, 5) is 22.5. The van der Waals surface area contributed by atoms with Gasteiger partial charge in [0.25, 0.3) is 0 Å². The van der Waals surface area contributed by atoms with Crippen LogP contribution in [0.5, 0.6) is 11.5 Å². The molecule has 0 aromatic heterocycles. The number of amides is 1. The summed E-state index contributed by atoms with van der Waals surface area (Å²) in [5, 5.41) is 50.6. The fraction of sp³-hybridized carbons (Fsp3) is 0.500. The van der Waals surface area contributed by atoms with Crippen molar-refractivity contribution in [3.05, 3.63) is 23.3 Å². The lowest BCUT2D eigenvalue weighted by Crippen LogP contribution is -2.34. The van der Waals surface area contributed by atoms with Gasteiger partial charge in [-0.15, -0.1) is 0 Å². The molecule has 0 spiro atoms. The Morgan fingerprint density at radius 2 is 1.76 bits per heavy atom. The molecule has 25 heavy (non-hydrogen) atoms. The minimum absolute atomic E-state index is 0.0161. The Hall–Kier alpha value is -2.52. The van der Waals surface area contributed by atoms with Gasteiger partial charge in [-0.2, -0.15) is 0 Å². The summed E-state index contributed by atoms with van der Waals surface area (Å²) in [5.74, 6) is -2.68. The molecular formula is C16H23NO8. The first-order valence-corrected chi connectivity index (χ1v) is 7.54. The van der Waals surface area contributed by atoms with Crippen LogP contribution in [0.2, 0.25) is 0 Å².